The van der Waals surface area contributed by atoms with Crippen molar-refractivity contribution in [1.82, 2.24) is 0 Å². The molecule has 1 N–H and O–H groups in total. The highest BCUT2D eigenvalue weighted by Gasteiger charge is 2.22. The number of anilines is 1. The van der Waals surface area contributed by atoms with Gasteiger partial charge in [-0.05, 0) is 60.1 Å². The molecule has 0 radical (unpaired) electrons. The Morgan fingerprint density at radius 1 is 1.08 bits per heavy atom. The smallest absolute Gasteiger partial charge is 0.262 e. The van der Waals surface area contributed by atoms with E-state index in [1.54, 1.807) is 26.2 Å². The molecule has 0 saturated carbocycles. The van der Waals surface area contributed by atoms with Crippen molar-refractivity contribution in [2.75, 3.05) is 11.8 Å². The van der Waals surface area contributed by atoms with Crippen LogP contribution in [0.5, 0.6) is 5.75 Å². The van der Waals surface area contributed by atoms with Gasteiger partial charge in [-0.25, -0.2) is 8.42 Å². The number of nitrogens with one attached hydrogen (secondary N) is 1. The summed E-state index contributed by atoms with van der Waals surface area (Å²) in [5.41, 5.74) is 4.27. The summed E-state index contributed by atoms with van der Waals surface area (Å²) in [6, 6.07) is 9.46. The van der Waals surface area contributed by atoms with Gasteiger partial charge in [-0.1, -0.05) is 45.9 Å². The van der Waals surface area contributed by atoms with E-state index >= 15 is 0 Å². The topological polar surface area (TPSA) is 55.4 Å². The molecule has 4 nitrogen and oxygen atoms in total. The highest BCUT2D eigenvalue weighted by molar-refractivity contribution is 7.92. The molecular weight excluding hydrogens is 346 g/mol. The van der Waals surface area contributed by atoms with E-state index in [0.29, 0.717) is 16.1 Å². The molecule has 2 aromatic carbocycles. The minimum Gasteiger partial charge on any atom is -0.496 e. The van der Waals surface area contributed by atoms with E-state index < -0.39 is 10.0 Å². The number of sulfonamides is 1. The summed E-state index contributed by atoms with van der Waals surface area (Å²) in [5, 5.41) is 0. The molecule has 0 atom stereocenters. The van der Waals surface area contributed by atoms with Crippen LogP contribution in [-0.2, 0) is 22.9 Å². The van der Waals surface area contributed by atoms with Gasteiger partial charge in [0.2, 0.25) is 0 Å². The van der Waals surface area contributed by atoms with Crippen LogP contribution in [0, 0.1) is 6.92 Å². The quantitative estimate of drug-likeness (QED) is 0.736. The van der Waals surface area contributed by atoms with Gasteiger partial charge in [-0.15, -0.1) is 0 Å². The standard InChI is InChI=1S/C21H29NO3S/c1-7-16-10-9-11-17(8-2)21(16)22-26(23,24)20-13-18(14(3)4)19(25-6)12-15(20)5/h9-14,22H,7-8H2,1-6H3. The first kappa shape index (κ1) is 20.3. The molecule has 0 bridgehead atoms. The fourth-order valence-corrected chi connectivity index (χ4v) is 4.56. The highest BCUT2D eigenvalue weighted by Crippen LogP contribution is 2.33. The maximum atomic E-state index is 13.2. The van der Waals surface area contributed by atoms with E-state index in [4.69, 9.17) is 4.74 Å². The first-order valence-electron chi connectivity index (χ1n) is 9.07. The Morgan fingerprint density at radius 2 is 1.65 bits per heavy atom. The van der Waals surface area contributed by atoms with Crippen LogP contribution in [0.4, 0.5) is 5.69 Å². The second-order valence-electron chi connectivity index (χ2n) is 6.78. The predicted molar refractivity (Wildman–Crippen MR) is 108 cm³/mol. The third kappa shape index (κ3) is 4.04. The maximum Gasteiger partial charge on any atom is 0.262 e. The molecule has 0 aromatic heterocycles. The van der Waals surface area contributed by atoms with Crippen LogP contribution in [0.25, 0.3) is 0 Å². The van der Waals surface area contributed by atoms with Crippen molar-refractivity contribution in [2.45, 2.75) is 58.3 Å². The summed E-state index contributed by atoms with van der Waals surface area (Å²) in [6.45, 7) is 9.91. The minimum absolute atomic E-state index is 0.161. The van der Waals surface area contributed by atoms with Gasteiger partial charge in [0.25, 0.3) is 10.0 Å². The van der Waals surface area contributed by atoms with Gasteiger partial charge in [-0.3, -0.25) is 4.72 Å². The number of hydrogen-bond acceptors (Lipinski definition) is 3. The number of methoxy groups -OCH3 is 1. The lowest BCUT2D eigenvalue weighted by Crippen LogP contribution is -2.17. The fraction of sp³-hybridized carbons (Fsp3) is 0.429. The normalized spacial score (nSPS) is 11.7. The summed E-state index contributed by atoms with van der Waals surface area (Å²) >= 11 is 0. The number of hydrogen-bond donors (Lipinski definition) is 1. The van der Waals surface area contributed by atoms with Crippen LogP contribution < -0.4 is 9.46 Å². The molecular formula is C21H29NO3S. The predicted octanol–water partition coefficient (Wildman–Crippen LogP) is 5.05. The molecule has 2 aromatic rings. The zero-order valence-electron chi connectivity index (χ0n) is 16.5. The first-order chi connectivity index (χ1) is 12.2. The molecule has 0 amide bonds. The van der Waals surface area contributed by atoms with Crippen LogP contribution in [0.15, 0.2) is 35.2 Å². The second-order valence-corrected chi connectivity index (χ2v) is 8.43. The SMILES string of the molecule is CCc1cccc(CC)c1NS(=O)(=O)c1cc(C(C)C)c(OC)cc1C. The van der Waals surface area contributed by atoms with Crippen molar-refractivity contribution >= 4 is 15.7 Å². The van der Waals surface area contributed by atoms with Crippen molar-refractivity contribution in [1.29, 1.82) is 0 Å². The summed E-state index contributed by atoms with van der Waals surface area (Å²) < 4.78 is 34.6. The van der Waals surface area contributed by atoms with Crippen molar-refractivity contribution in [3.63, 3.8) is 0 Å². The number of benzene rings is 2. The lowest BCUT2D eigenvalue weighted by Gasteiger charge is -2.19. The van der Waals surface area contributed by atoms with Gasteiger partial charge in [0.05, 0.1) is 17.7 Å². The summed E-state index contributed by atoms with van der Waals surface area (Å²) in [4.78, 5) is 0.301. The van der Waals surface area contributed by atoms with Crippen molar-refractivity contribution in [3.8, 4) is 5.75 Å². The Morgan fingerprint density at radius 3 is 2.12 bits per heavy atom. The molecule has 0 aliphatic rings. The van der Waals surface area contributed by atoms with Gasteiger partial charge >= 0.3 is 0 Å². The summed E-state index contributed by atoms with van der Waals surface area (Å²) in [7, 11) is -2.09. The molecule has 142 valence electrons. The summed E-state index contributed by atoms with van der Waals surface area (Å²) in [6.07, 6.45) is 1.54. The molecule has 0 aliphatic heterocycles. The molecule has 0 spiro atoms. The molecule has 0 heterocycles. The minimum atomic E-state index is -3.70. The average Bonchev–Trinajstić information content (AvgIpc) is 2.60. The van der Waals surface area contributed by atoms with Gasteiger partial charge in [-0.2, -0.15) is 0 Å². The largest absolute Gasteiger partial charge is 0.496 e. The summed E-state index contributed by atoms with van der Waals surface area (Å²) in [5.74, 6) is 0.883. The van der Waals surface area contributed by atoms with E-state index in [-0.39, 0.29) is 5.92 Å². The number of rotatable bonds is 7. The molecule has 0 aliphatic carbocycles. The Balaban J connectivity index is 2.58. The van der Waals surface area contributed by atoms with Gasteiger partial charge < -0.3 is 4.74 Å². The zero-order chi connectivity index (χ0) is 19.5. The zero-order valence-corrected chi connectivity index (χ0v) is 17.3. The molecule has 0 fully saturated rings. The van der Waals surface area contributed by atoms with E-state index in [1.165, 1.54) is 0 Å². The number of para-hydroxylation sites is 1. The van der Waals surface area contributed by atoms with Crippen LogP contribution in [0.3, 0.4) is 0 Å². The molecule has 2 rings (SSSR count). The average molecular weight is 376 g/mol. The van der Waals surface area contributed by atoms with Gasteiger partial charge in [0, 0.05) is 0 Å². The van der Waals surface area contributed by atoms with Gasteiger partial charge in [0.1, 0.15) is 5.75 Å². The van der Waals surface area contributed by atoms with Gasteiger partial charge in [0.15, 0.2) is 0 Å². The monoisotopic (exact) mass is 375 g/mol. The Bertz CT molecular complexity index is 864. The van der Waals surface area contributed by atoms with Crippen LogP contribution in [0.1, 0.15) is 55.9 Å². The Kier molecular flexibility index (Phi) is 6.34. The third-order valence-corrected chi connectivity index (χ3v) is 6.17. The van der Waals surface area contributed by atoms with Crippen LogP contribution in [0.2, 0.25) is 0 Å². The Labute approximate surface area is 157 Å². The second kappa shape index (κ2) is 8.12. The maximum absolute atomic E-state index is 13.2. The lowest BCUT2D eigenvalue weighted by atomic mass is 10.0. The number of aryl methyl sites for hydroxylation is 3. The van der Waals surface area contributed by atoms with E-state index in [0.717, 1.165) is 35.3 Å². The van der Waals surface area contributed by atoms with Crippen molar-refractivity contribution < 1.29 is 13.2 Å². The molecule has 0 saturated heterocycles. The Hall–Kier alpha value is -2.01. The van der Waals surface area contributed by atoms with Crippen molar-refractivity contribution in [2.24, 2.45) is 0 Å². The van der Waals surface area contributed by atoms with Crippen LogP contribution >= 0.6 is 0 Å². The van der Waals surface area contributed by atoms with E-state index in [9.17, 15) is 8.42 Å². The first-order valence-corrected chi connectivity index (χ1v) is 10.6. The molecule has 0 unspecified atom stereocenters. The lowest BCUT2D eigenvalue weighted by molar-refractivity contribution is 0.406. The van der Waals surface area contributed by atoms with E-state index in [1.807, 2.05) is 45.9 Å². The highest BCUT2D eigenvalue weighted by atomic mass is 32.2. The van der Waals surface area contributed by atoms with E-state index in [2.05, 4.69) is 4.72 Å². The van der Waals surface area contributed by atoms with Crippen LogP contribution in [-0.4, -0.2) is 15.5 Å². The molecule has 26 heavy (non-hydrogen) atoms. The van der Waals surface area contributed by atoms with Crippen molar-refractivity contribution in [3.05, 3.63) is 52.6 Å². The molecule has 5 heteroatoms. The number of ether oxygens (including phenoxy) is 1. The fourth-order valence-electron chi connectivity index (χ4n) is 3.16. The third-order valence-electron chi connectivity index (χ3n) is 4.67.